The molecule has 72 valence electrons. The van der Waals surface area contributed by atoms with E-state index in [0.29, 0.717) is 6.54 Å². The van der Waals surface area contributed by atoms with Gasteiger partial charge in [-0.3, -0.25) is 9.48 Å². The molecule has 0 aliphatic heterocycles. The van der Waals surface area contributed by atoms with Crippen molar-refractivity contribution in [1.82, 2.24) is 15.0 Å². The summed E-state index contributed by atoms with van der Waals surface area (Å²) in [6.45, 7) is 5.47. The molecular formula is C8H13N3O2. The first-order chi connectivity index (χ1) is 5.92. The lowest BCUT2D eigenvalue weighted by Gasteiger charge is -2.17. The Morgan fingerprint density at radius 3 is 2.69 bits per heavy atom. The molecule has 0 saturated heterocycles. The monoisotopic (exact) mass is 183 g/mol. The molecule has 1 aromatic heterocycles. The number of hydrogen-bond donors (Lipinski definition) is 1. The Balaban J connectivity index is 2.74. The van der Waals surface area contributed by atoms with E-state index in [1.807, 2.05) is 6.92 Å². The van der Waals surface area contributed by atoms with Gasteiger partial charge in [-0.25, -0.2) is 0 Å². The van der Waals surface area contributed by atoms with Crippen LogP contribution in [0.1, 0.15) is 19.5 Å². The molecule has 5 nitrogen and oxygen atoms in total. The van der Waals surface area contributed by atoms with Crippen LogP contribution in [0.3, 0.4) is 0 Å². The molecule has 0 saturated carbocycles. The zero-order valence-corrected chi connectivity index (χ0v) is 7.98. The molecule has 0 bridgehead atoms. The van der Waals surface area contributed by atoms with Gasteiger partial charge in [0.05, 0.1) is 17.7 Å². The Hall–Kier alpha value is -1.39. The number of hydrogen-bond acceptors (Lipinski definition) is 3. The number of carboxylic acid groups (broad SMARTS) is 1. The van der Waals surface area contributed by atoms with Gasteiger partial charge in [-0.2, -0.15) is 0 Å². The van der Waals surface area contributed by atoms with Crippen molar-refractivity contribution in [3.8, 4) is 0 Å². The maximum atomic E-state index is 10.8. The molecule has 0 aliphatic carbocycles. The molecule has 0 fully saturated rings. The number of carboxylic acids is 1. The normalized spacial score (nSPS) is 11.6. The van der Waals surface area contributed by atoms with Crippen LogP contribution in [0.4, 0.5) is 0 Å². The van der Waals surface area contributed by atoms with Crippen LogP contribution in [-0.2, 0) is 11.3 Å². The summed E-state index contributed by atoms with van der Waals surface area (Å²) in [5.41, 5.74) is -0.0126. The summed E-state index contributed by atoms with van der Waals surface area (Å²) in [5.74, 6) is -0.833. The highest BCUT2D eigenvalue weighted by molar-refractivity contribution is 5.73. The highest BCUT2D eigenvalue weighted by Crippen LogP contribution is 2.17. The summed E-state index contributed by atoms with van der Waals surface area (Å²) in [5, 5.41) is 16.4. The lowest BCUT2D eigenvalue weighted by Crippen LogP contribution is -2.29. The Labute approximate surface area is 76.4 Å². The van der Waals surface area contributed by atoms with Crippen LogP contribution in [0.5, 0.6) is 0 Å². The average Bonchev–Trinajstić information content (AvgIpc) is 2.34. The van der Waals surface area contributed by atoms with Crippen molar-refractivity contribution >= 4 is 5.97 Å². The molecule has 1 heterocycles. The summed E-state index contributed by atoms with van der Waals surface area (Å²) in [7, 11) is 0. The van der Waals surface area contributed by atoms with Crippen LogP contribution in [0.25, 0.3) is 0 Å². The lowest BCUT2D eigenvalue weighted by molar-refractivity contribution is -0.147. The summed E-state index contributed by atoms with van der Waals surface area (Å²) in [4.78, 5) is 10.8. The minimum absolute atomic E-state index is 0.336. The van der Waals surface area contributed by atoms with Crippen LogP contribution in [0, 0.1) is 12.3 Å². The summed E-state index contributed by atoms with van der Waals surface area (Å²) in [6, 6.07) is 0. The molecule has 0 amide bonds. The molecular weight excluding hydrogens is 170 g/mol. The molecule has 1 rings (SSSR count). The molecule has 1 N–H and O–H groups in total. The van der Waals surface area contributed by atoms with Gasteiger partial charge in [-0.05, 0) is 20.8 Å². The van der Waals surface area contributed by atoms with Crippen molar-refractivity contribution in [2.24, 2.45) is 5.41 Å². The largest absolute Gasteiger partial charge is 0.481 e. The Bertz CT molecular complexity index is 317. The maximum Gasteiger partial charge on any atom is 0.310 e. The van der Waals surface area contributed by atoms with E-state index in [1.54, 1.807) is 24.7 Å². The van der Waals surface area contributed by atoms with Crippen LogP contribution < -0.4 is 0 Å². The minimum Gasteiger partial charge on any atom is -0.481 e. The molecule has 0 unspecified atom stereocenters. The van der Waals surface area contributed by atoms with Crippen molar-refractivity contribution in [1.29, 1.82) is 0 Å². The molecule has 0 aromatic carbocycles. The number of aliphatic carboxylic acids is 1. The molecule has 0 atom stereocenters. The van der Waals surface area contributed by atoms with Gasteiger partial charge in [-0.1, -0.05) is 5.21 Å². The second-order valence-electron chi connectivity index (χ2n) is 3.75. The summed E-state index contributed by atoms with van der Waals surface area (Å²) in [6.07, 6.45) is 1.73. The standard InChI is InChI=1S/C8H13N3O2/c1-6-4-11(10-9-6)5-8(2,3)7(12)13/h4H,5H2,1-3H3,(H,12,13). The van der Waals surface area contributed by atoms with Gasteiger partial charge in [0.1, 0.15) is 0 Å². The third-order valence-electron chi connectivity index (χ3n) is 1.79. The molecule has 0 radical (unpaired) electrons. The molecule has 0 spiro atoms. The summed E-state index contributed by atoms with van der Waals surface area (Å²) >= 11 is 0. The third kappa shape index (κ3) is 2.27. The number of aromatic nitrogens is 3. The third-order valence-corrected chi connectivity index (χ3v) is 1.79. The molecule has 13 heavy (non-hydrogen) atoms. The van der Waals surface area contributed by atoms with Gasteiger partial charge >= 0.3 is 5.97 Å². The van der Waals surface area contributed by atoms with Gasteiger partial charge in [0.25, 0.3) is 0 Å². The SMILES string of the molecule is Cc1cn(CC(C)(C)C(=O)O)nn1. The number of aryl methyl sites for hydroxylation is 1. The predicted octanol–water partition coefficient (Wildman–Crippen LogP) is 0.697. The fraction of sp³-hybridized carbons (Fsp3) is 0.625. The van der Waals surface area contributed by atoms with Gasteiger partial charge < -0.3 is 5.11 Å². The first-order valence-electron chi connectivity index (χ1n) is 4.02. The van der Waals surface area contributed by atoms with E-state index >= 15 is 0 Å². The topological polar surface area (TPSA) is 68.0 Å². The van der Waals surface area contributed by atoms with E-state index in [1.165, 1.54) is 0 Å². The molecule has 5 heteroatoms. The Morgan fingerprint density at radius 2 is 2.31 bits per heavy atom. The zero-order valence-electron chi connectivity index (χ0n) is 7.98. The van der Waals surface area contributed by atoms with Crippen LogP contribution >= 0.6 is 0 Å². The lowest BCUT2D eigenvalue weighted by atomic mass is 9.94. The zero-order chi connectivity index (χ0) is 10.1. The quantitative estimate of drug-likeness (QED) is 0.748. The van der Waals surface area contributed by atoms with E-state index < -0.39 is 11.4 Å². The van der Waals surface area contributed by atoms with E-state index in [4.69, 9.17) is 5.11 Å². The van der Waals surface area contributed by atoms with Gasteiger partial charge in [0, 0.05) is 6.20 Å². The number of rotatable bonds is 3. The first-order valence-corrected chi connectivity index (χ1v) is 4.02. The second-order valence-corrected chi connectivity index (χ2v) is 3.75. The second kappa shape index (κ2) is 3.16. The fourth-order valence-corrected chi connectivity index (χ4v) is 0.945. The summed E-state index contributed by atoms with van der Waals surface area (Å²) < 4.78 is 1.55. The van der Waals surface area contributed by atoms with Gasteiger partial charge in [-0.15, -0.1) is 5.10 Å². The fourth-order valence-electron chi connectivity index (χ4n) is 0.945. The smallest absolute Gasteiger partial charge is 0.310 e. The van der Waals surface area contributed by atoms with Crippen molar-refractivity contribution in [3.05, 3.63) is 11.9 Å². The average molecular weight is 183 g/mol. The van der Waals surface area contributed by atoms with Crippen LogP contribution in [-0.4, -0.2) is 26.1 Å². The van der Waals surface area contributed by atoms with Gasteiger partial charge in [0.2, 0.25) is 0 Å². The van der Waals surface area contributed by atoms with E-state index in [0.717, 1.165) is 5.69 Å². The number of nitrogens with zero attached hydrogens (tertiary/aromatic N) is 3. The van der Waals surface area contributed by atoms with Crippen LogP contribution in [0.15, 0.2) is 6.20 Å². The highest BCUT2D eigenvalue weighted by Gasteiger charge is 2.27. The van der Waals surface area contributed by atoms with Crippen molar-refractivity contribution in [2.75, 3.05) is 0 Å². The molecule has 1 aromatic rings. The van der Waals surface area contributed by atoms with E-state index in [-0.39, 0.29) is 0 Å². The highest BCUT2D eigenvalue weighted by atomic mass is 16.4. The molecule has 0 aliphatic rings. The first kappa shape index (κ1) is 9.70. The Morgan fingerprint density at radius 1 is 1.69 bits per heavy atom. The Kier molecular flexibility index (Phi) is 2.36. The van der Waals surface area contributed by atoms with E-state index in [2.05, 4.69) is 10.3 Å². The van der Waals surface area contributed by atoms with E-state index in [9.17, 15) is 4.79 Å². The number of carbonyl (C=O) groups is 1. The van der Waals surface area contributed by atoms with Crippen molar-refractivity contribution in [2.45, 2.75) is 27.3 Å². The van der Waals surface area contributed by atoms with Crippen molar-refractivity contribution < 1.29 is 9.90 Å². The minimum atomic E-state index is -0.833. The van der Waals surface area contributed by atoms with Crippen molar-refractivity contribution in [3.63, 3.8) is 0 Å². The predicted molar refractivity (Wildman–Crippen MR) is 46.2 cm³/mol. The maximum absolute atomic E-state index is 10.8. The van der Waals surface area contributed by atoms with Gasteiger partial charge in [0.15, 0.2) is 0 Å². The van der Waals surface area contributed by atoms with Crippen LogP contribution in [0.2, 0.25) is 0 Å².